The van der Waals surface area contributed by atoms with Crippen molar-refractivity contribution in [1.82, 2.24) is 9.80 Å². The molecule has 0 spiro atoms. The first-order chi connectivity index (χ1) is 14.9. The highest BCUT2D eigenvalue weighted by molar-refractivity contribution is 6.31. The lowest BCUT2D eigenvalue weighted by Crippen LogP contribution is -2.49. The van der Waals surface area contributed by atoms with Crippen molar-refractivity contribution in [3.63, 3.8) is 0 Å². The number of carbonyl (C=O) groups is 3. The van der Waals surface area contributed by atoms with Crippen molar-refractivity contribution >= 4 is 29.3 Å². The predicted molar refractivity (Wildman–Crippen MR) is 118 cm³/mol. The summed E-state index contributed by atoms with van der Waals surface area (Å²) in [5.74, 6) is -0.565. The molecule has 0 radical (unpaired) electrons. The number of hydrogen-bond donors (Lipinski definition) is 0. The largest absolute Gasteiger partial charge is 0.337 e. The molecule has 1 saturated carbocycles. The quantitative estimate of drug-likeness (QED) is 0.516. The van der Waals surface area contributed by atoms with E-state index >= 15 is 0 Å². The van der Waals surface area contributed by atoms with Gasteiger partial charge in [0.2, 0.25) is 17.7 Å². The zero-order chi connectivity index (χ0) is 21.9. The van der Waals surface area contributed by atoms with Crippen LogP contribution in [0.15, 0.2) is 36.4 Å². The van der Waals surface area contributed by atoms with Crippen molar-refractivity contribution in [1.29, 1.82) is 0 Å². The second-order valence-corrected chi connectivity index (χ2v) is 10.1. The number of nitrogens with zero attached hydrogens (tertiary/aromatic N) is 2. The van der Waals surface area contributed by atoms with Gasteiger partial charge >= 0.3 is 0 Å². The molecule has 2 saturated heterocycles. The molecule has 164 valence electrons. The number of fused-ring (bicyclic) bond motifs is 5. The molecule has 0 N–H and O–H groups in total. The van der Waals surface area contributed by atoms with Crippen LogP contribution in [0.1, 0.15) is 57.6 Å². The fourth-order valence-electron chi connectivity index (χ4n) is 6.50. The number of likely N-dealkylation sites (tertiary alicyclic amines) is 2. The van der Waals surface area contributed by atoms with Crippen LogP contribution in [0.2, 0.25) is 5.02 Å². The number of allylic oxidation sites excluding steroid dienone is 2. The van der Waals surface area contributed by atoms with E-state index < -0.39 is 6.04 Å². The van der Waals surface area contributed by atoms with Gasteiger partial charge in [0.25, 0.3) is 0 Å². The highest BCUT2D eigenvalue weighted by Crippen LogP contribution is 2.54. The zero-order valence-corrected chi connectivity index (χ0v) is 18.8. The topological polar surface area (TPSA) is 57.7 Å². The second kappa shape index (κ2) is 7.77. The number of rotatable bonds is 4. The van der Waals surface area contributed by atoms with Crippen LogP contribution in [0.3, 0.4) is 0 Å². The average molecular weight is 441 g/mol. The third-order valence-corrected chi connectivity index (χ3v) is 8.27. The van der Waals surface area contributed by atoms with Gasteiger partial charge in [-0.25, -0.2) is 0 Å². The molecule has 3 fully saturated rings. The van der Waals surface area contributed by atoms with Gasteiger partial charge in [0, 0.05) is 17.1 Å². The summed E-state index contributed by atoms with van der Waals surface area (Å²) in [6, 6.07) is 6.93. The molecule has 4 aliphatic rings. The molecule has 1 aromatic carbocycles. The van der Waals surface area contributed by atoms with Crippen molar-refractivity contribution in [3.05, 3.63) is 47.0 Å². The fourth-order valence-corrected chi connectivity index (χ4v) is 6.76. The number of halogens is 1. The van der Waals surface area contributed by atoms with E-state index in [1.54, 1.807) is 6.07 Å². The molecular formula is C25H29ClN2O3. The first-order valence-electron chi connectivity index (χ1n) is 11.5. The smallest absolute Gasteiger partial charge is 0.234 e. The molecule has 6 heteroatoms. The Kier molecular flexibility index (Phi) is 5.20. The molecule has 7 unspecified atom stereocenters. The minimum absolute atomic E-state index is 0.0108. The van der Waals surface area contributed by atoms with Crippen LogP contribution < -0.4 is 0 Å². The molecule has 1 aromatic rings. The Labute approximate surface area is 188 Å². The Balaban J connectivity index is 1.49. The van der Waals surface area contributed by atoms with Gasteiger partial charge in [-0.3, -0.25) is 19.3 Å². The zero-order valence-electron chi connectivity index (χ0n) is 18.0. The molecule has 2 aliphatic heterocycles. The lowest BCUT2D eigenvalue weighted by molar-refractivity contribution is -0.146. The molecule has 5 nitrogen and oxygen atoms in total. The van der Waals surface area contributed by atoms with Gasteiger partial charge in [0.15, 0.2) is 0 Å². The minimum Gasteiger partial charge on any atom is -0.337 e. The van der Waals surface area contributed by atoms with E-state index in [1.807, 2.05) is 23.1 Å². The lowest BCUT2D eigenvalue weighted by Gasteiger charge is -2.40. The van der Waals surface area contributed by atoms with Gasteiger partial charge < -0.3 is 4.90 Å². The molecule has 31 heavy (non-hydrogen) atoms. The normalized spacial score (nSPS) is 35.1. The van der Waals surface area contributed by atoms with Gasteiger partial charge in [0.1, 0.15) is 0 Å². The van der Waals surface area contributed by atoms with Crippen molar-refractivity contribution in [3.8, 4) is 0 Å². The third kappa shape index (κ3) is 3.24. The highest BCUT2D eigenvalue weighted by Gasteiger charge is 2.60. The lowest BCUT2D eigenvalue weighted by atomic mass is 9.85. The summed E-state index contributed by atoms with van der Waals surface area (Å²) >= 11 is 6.52. The number of hydrogen-bond acceptors (Lipinski definition) is 3. The number of carbonyl (C=O) groups excluding carboxylic acids is 3. The van der Waals surface area contributed by atoms with E-state index in [0.29, 0.717) is 10.6 Å². The number of imide groups is 1. The van der Waals surface area contributed by atoms with Crippen LogP contribution in [-0.2, 0) is 14.4 Å². The molecule has 2 bridgehead atoms. The summed E-state index contributed by atoms with van der Waals surface area (Å²) in [6.45, 7) is 4.16. The molecule has 2 heterocycles. The molecule has 7 atom stereocenters. The molecule has 3 amide bonds. The maximum atomic E-state index is 13.5. The Morgan fingerprint density at radius 3 is 2.19 bits per heavy atom. The minimum atomic E-state index is -0.660. The Bertz CT molecular complexity index is 920. The van der Waals surface area contributed by atoms with Gasteiger partial charge in [-0.2, -0.15) is 0 Å². The number of amides is 3. The Morgan fingerprint density at radius 2 is 1.61 bits per heavy atom. The third-order valence-electron chi connectivity index (χ3n) is 7.93. The molecule has 2 aliphatic carbocycles. The molecule has 5 rings (SSSR count). The number of benzene rings is 1. The van der Waals surface area contributed by atoms with Crippen LogP contribution in [0.4, 0.5) is 0 Å². The standard InChI is InChI=1S/C25H29ClN2O3/c1-14-6-5-7-15(2)27(14)21(29)13-20(18-8-3-4-9-19(18)26)28-24(30)22-16-10-11-17(12-16)23(22)25(28)31/h3-4,8-11,14-17,20,22-23H,5-7,12-13H2,1-2H3. The van der Waals surface area contributed by atoms with E-state index in [1.165, 1.54) is 4.90 Å². The highest BCUT2D eigenvalue weighted by atomic mass is 35.5. The van der Waals surface area contributed by atoms with Crippen molar-refractivity contribution in [2.24, 2.45) is 23.7 Å². The van der Waals surface area contributed by atoms with Crippen LogP contribution in [0.25, 0.3) is 0 Å². The summed E-state index contributed by atoms with van der Waals surface area (Å²) in [7, 11) is 0. The van der Waals surface area contributed by atoms with Crippen molar-refractivity contribution in [2.45, 2.75) is 64.1 Å². The summed E-state index contributed by atoms with van der Waals surface area (Å²) in [6.07, 6.45) is 8.22. The maximum Gasteiger partial charge on any atom is 0.234 e. The Morgan fingerprint density at radius 1 is 1.03 bits per heavy atom. The van der Waals surface area contributed by atoms with Gasteiger partial charge in [-0.15, -0.1) is 0 Å². The predicted octanol–water partition coefficient (Wildman–Crippen LogP) is 4.37. The van der Waals surface area contributed by atoms with Crippen LogP contribution >= 0.6 is 11.6 Å². The summed E-state index contributed by atoms with van der Waals surface area (Å²) in [5, 5.41) is 0.485. The maximum absolute atomic E-state index is 13.5. The summed E-state index contributed by atoms with van der Waals surface area (Å²) in [5.41, 5.74) is 0.678. The monoisotopic (exact) mass is 440 g/mol. The molecular weight excluding hydrogens is 412 g/mol. The first kappa shape index (κ1) is 20.7. The van der Waals surface area contributed by atoms with Gasteiger partial charge in [-0.1, -0.05) is 42.0 Å². The van der Waals surface area contributed by atoms with Gasteiger partial charge in [-0.05, 0) is 63.0 Å². The van der Waals surface area contributed by atoms with E-state index in [2.05, 4.69) is 26.0 Å². The molecule has 0 aromatic heterocycles. The van der Waals surface area contributed by atoms with E-state index in [-0.39, 0.29) is 59.9 Å². The first-order valence-corrected chi connectivity index (χ1v) is 11.9. The summed E-state index contributed by atoms with van der Waals surface area (Å²) < 4.78 is 0. The number of piperidine rings is 1. The van der Waals surface area contributed by atoms with Gasteiger partial charge in [0.05, 0.1) is 24.3 Å². The van der Waals surface area contributed by atoms with Crippen molar-refractivity contribution < 1.29 is 14.4 Å². The van der Waals surface area contributed by atoms with E-state index in [9.17, 15) is 14.4 Å². The Hall–Kier alpha value is -2.14. The van der Waals surface area contributed by atoms with Crippen molar-refractivity contribution in [2.75, 3.05) is 0 Å². The van der Waals surface area contributed by atoms with Crippen LogP contribution in [0, 0.1) is 23.7 Å². The van der Waals surface area contributed by atoms with E-state index in [0.717, 1.165) is 25.7 Å². The van der Waals surface area contributed by atoms with Crippen LogP contribution in [0.5, 0.6) is 0 Å². The average Bonchev–Trinajstić information content (AvgIpc) is 3.41. The van der Waals surface area contributed by atoms with E-state index in [4.69, 9.17) is 11.6 Å². The SMILES string of the molecule is CC1CCCC(C)N1C(=O)CC(c1ccccc1Cl)N1C(=O)C2C3C=CC(C3)C2C1=O. The van der Waals surface area contributed by atoms with Crippen LogP contribution in [-0.4, -0.2) is 39.6 Å². The summed E-state index contributed by atoms with van der Waals surface area (Å²) in [4.78, 5) is 43.8. The fraction of sp³-hybridized carbons (Fsp3) is 0.560. The second-order valence-electron chi connectivity index (χ2n) is 9.72.